The Bertz CT molecular complexity index is 263. The van der Waals surface area contributed by atoms with Gasteiger partial charge in [0.15, 0.2) is 0 Å². The van der Waals surface area contributed by atoms with Crippen molar-refractivity contribution in [3.05, 3.63) is 35.9 Å². The Morgan fingerprint density at radius 3 is 2.50 bits per heavy atom. The Morgan fingerprint density at radius 2 is 2.00 bits per heavy atom. The van der Waals surface area contributed by atoms with Gasteiger partial charge in [-0.15, -0.1) is 0 Å². The van der Waals surface area contributed by atoms with E-state index in [2.05, 4.69) is 44.2 Å². The lowest BCUT2D eigenvalue weighted by Crippen LogP contribution is -2.03. The molecule has 0 bridgehead atoms. The highest BCUT2D eigenvalue weighted by molar-refractivity contribution is 5.31. The van der Waals surface area contributed by atoms with E-state index < -0.39 is 0 Å². The van der Waals surface area contributed by atoms with E-state index in [0.717, 1.165) is 5.92 Å². The van der Waals surface area contributed by atoms with Crippen molar-refractivity contribution < 1.29 is 0 Å². The molecule has 1 aliphatic rings. The molecule has 1 fully saturated rings. The van der Waals surface area contributed by atoms with E-state index in [-0.39, 0.29) is 0 Å². The zero-order valence-electron chi connectivity index (χ0n) is 7.88. The average Bonchev–Trinajstić information content (AvgIpc) is 2.81. The van der Waals surface area contributed by atoms with Crippen molar-refractivity contribution in [2.75, 3.05) is 0 Å². The molecule has 2 rings (SSSR count). The highest BCUT2D eigenvalue weighted by atomic mass is 14.5. The Hall–Kier alpha value is -0.780. The van der Waals surface area contributed by atoms with Gasteiger partial charge in [0.05, 0.1) is 0 Å². The zero-order valence-corrected chi connectivity index (χ0v) is 7.88. The van der Waals surface area contributed by atoms with Gasteiger partial charge in [-0.1, -0.05) is 50.6 Å². The number of rotatable bonds is 2. The molecule has 1 saturated carbocycles. The summed E-state index contributed by atoms with van der Waals surface area (Å²) in [7, 11) is 0. The Morgan fingerprint density at radius 1 is 1.33 bits per heavy atom. The quantitative estimate of drug-likeness (QED) is 0.622. The van der Waals surface area contributed by atoms with Crippen molar-refractivity contribution in [3.8, 4) is 0 Å². The molecular weight excluding hydrogens is 144 g/mol. The fourth-order valence-corrected chi connectivity index (χ4v) is 2.22. The molecule has 0 aromatic heterocycles. The van der Waals surface area contributed by atoms with Gasteiger partial charge in [-0.2, -0.15) is 0 Å². The molecule has 1 aliphatic carbocycles. The molecule has 1 aromatic carbocycles. The molecule has 2 atom stereocenters. The fraction of sp³-hybridized carbons (Fsp3) is 0.500. The Kier molecular flexibility index (Phi) is 1.71. The van der Waals surface area contributed by atoms with E-state index in [1.165, 1.54) is 18.4 Å². The molecule has 0 aliphatic heterocycles. The van der Waals surface area contributed by atoms with Crippen LogP contribution in [0.15, 0.2) is 30.3 Å². The largest absolute Gasteiger partial charge is 0.0651 e. The predicted octanol–water partition coefficient (Wildman–Crippen LogP) is 3.37. The zero-order chi connectivity index (χ0) is 8.60. The van der Waals surface area contributed by atoms with Crippen LogP contribution < -0.4 is 0 Å². The van der Waals surface area contributed by atoms with E-state index in [9.17, 15) is 0 Å². The van der Waals surface area contributed by atoms with E-state index in [1.807, 2.05) is 0 Å². The van der Waals surface area contributed by atoms with Crippen LogP contribution in [-0.4, -0.2) is 0 Å². The van der Waals surface area contributed by atoms with E-state index >= 15 is 0 Å². The van der Waals surface area contributed by atoms with Crippen LogP contribution in [0.4, 0.5) is 0 Å². The number of hydrogen-bond donors (Lipinski definition) is 0. The van der Waals surface area contributed by atoms with Crippen LogP contribution >= 0.6 is 0 Å². The summed E-state index contributed by atoms with van der Waals surface area (Å²) in [6, 6.07) is 10.9. The van der Waals surface area contributed by atoms with Crippen LogP contribution in [-0.2, 0) is 5.41 Å². The van der Waals surface area contributed by atoms with Gasteiger partial charge < -0.3 is 0 Å². The summed E-state index contributed by atoms with van der Waals surface area (Å²) in [6.07, 6.45) is 2.71. The van der Waals surface area contributed by atoms with Crippen LogP contribution in [0.25, 0.3) is 0 Å². The van der Waals surface area contributed by atoms with Crippen LogP contribution in [0, 0.1) is 5.92 Å². The van der Waals surface area contributed by atoms with Crippen LogP contribution in [0.3, 0.4) is 0 Å². The average molecular weight is 160 g/mol. The maximum Gasteiger partial charge on any atom is -0.00439 e. The van der Waals surface area contributed by atoms with Crippen molar-refractivity contribution in [1.29, 1.82) is 0 Å². The number of benzene rings is 1. The lowest BCUT2D eigenvalue weighted by molar-refractivity contribution is 0.642. The minimum Gasteiger partial charge on any atom is -0.0651 e. The van der Waals surface area contributed by atoms with E-state index in [4.69, 9.17) is 0 Å². The van der Waals surface area contributed by atoms with Gasteiger partial charge in [0, 0.05) is 0 Å². The minimum atomic E-state index is 0.510. The summed E-state index contributed by atoms with van der Waals surface area (Å²) in [5, 5.41) is 0. The van der Waals surface area contributed by atoms with Crippen molar-refractivity contribution >= 4 is 0 Å². The third-order valence-electron chi connectivity index (χ3n) is 3.34. The third kappa shape index (κ3) is 1.06. The summed E-state index contributed by atoms with van der Waals surface area (Å²) >= 11 is 0. The predicted molar refractivity (Wildman–Crippen MR) is 52.2 cm³/mol. The Labute approximate surface area is 74.6 Å². The van der Waals surface area contributed by atoms with Crippen molar-refractivity contribution in [2.45, 2.75) is 32.1 Å². The topological polar surface area (TPSA) is 0 Å². The first kappa shape index (κ1) is 7.85. The first-order valence-electron chi connectivity index (χ1n) is 4.83. The summed E-state index contributed by atoms with van der Waals surface area (Å²) in [5.41, 5.74) is 2.03. The van der Waals surface area contributed by atoms with Gasteiger partial charge in [-0.3, -0.25) is 0 Å². The fourth-order valence-electron chi connectivity index (χ4n) is 2.22. The molecule has 1 aromatic rings. The highest BCUT2D eigenvalue weighted by Crippen LogP contribution is 2.55. The first-order valence-corrected chi connectivity index (χ1v) is 4.83. The lowest BCUT2D eigenvalue weighted by atomic mass is 9.95. The summed E-state index contributed by atoms with van der Waals surface area (Å²) in [5.74, 6) is 0.930. The molecule has 0 radical (unpaired) electrons. The van der Waals surface area contributed by atoms with Crippen LogP contribution in [0.2, 0.25) is 0 Å². The van der Waals surface area contributed by atoms with Crippen LogP contribution in [0.5, 0.6) is 0 Å². The van der Waals surface area contributed by atoms with Crippen LogP contribution in [0.1, 0.15) is 32.3 Å². The molecule has 0 N–H and O–H groups in total. The van der Waals surface area contributed by atoms with Gasteiger partial charge in [0.25, 0.3) is 0 Å². The smallest absolute Gasteiger partial charge is 0.00439 e. The van der Waals surface area contributed by atoms with E-state index in [0.29, 0.717) is 5.41 Å². The van der Waals surface area contributed by atoms with Gasteiger partial charge in [-0.25, -0.2) is 0 Å². The lowest BCUT2D eigenvalue weighted by Gasteiger charge is -2.10. The monoisotopic (exact) mass is 160 g/mol. The second-order valence-electron chi connectivity index (χ2n) is 4.09. The molecule has 0 amide bonds. The molecule has 0 spiro atoms. The molecule has 0 nitrogen and oxygen atoms in total. The molecule has 0 heteroatoms. The number of hydrogen-bond acceptors (Lipinski definition) is 0. The normalized spacial score (nSPS) is 33.3. The summed E-state index contributed by atoms with van der Waals surface area (Å²) in [6.45, 7) is 4.68. The highest BCUT2D eigenvalue weighted by Gasteiger charge is 2.49. The molecule has 12 heavy (non-hydrogen) atoms. The molecule has 64 valence electrons. The SMILES string of the molecule is CC[C@@H]1C[C@@]1(C)c1ccccc1. The van der Waals surface area contributed by atoms with Gasteiger partial charge in [-0.05, 0) is 23.3 Å². The maximum atomic E-state index is 2.39. The van der Waals surface area contributed by atoms with Gasteiger partial charge in [0.2, 0.25) is 0 Å². The molecule has 0 heterocycles. The standard InChI is InChI=1S/C12H16/c1-3-10-9-12(10,2)11-7-5-4-6-8-11/h4-8,10H,3,9H2,1-2H3/t10-,12-/m1/s1. The maximum absolute atomic E-state index is 2.39. The molecular formula is C12H16. The minimum absolute atomic E-state index is 0.510. The van der Waals surface area contributed by atoms with Gasteiger partial charge in [0.1, 0.15) is 0 Å². The molecule has 0 unspecified atom stereocenters. The van der Waals surface area contributed by atoms with Gasteiger partial charge >= 0.3 is 0 Å². The summed E-state index contributed by atoms with van der Waals surface area (Å²) in [4.78, 5) is 0. The van der Waals surface area contributed by atoms with E-state index in [1.54, 1.807) is 0 Å². The molecule has 0 saturated heterocycles. The second-order valence-corrected chi connectivity index (χ2v) is 4.09. The van der Waals surface area contributed by atoms with Crippen molar-refractivity contribution in [3.63, 3.8) is 0 Å². The van der Waals surface area contributed by atoms with Crippen molar-refractivity contribution in [1.82, 2.24) is 0 Å². The summed E-state index contributed by atoms with van der Waals surface area (Å²) < 4.78 is 0. The first-order chi connectivity index (χ1) is 5.77. The second kappa shape index (κ2) is 2.62. The third-order valence-corrected chi connectivity index (χ3v) is 3.34. The Balaban J connectivity index is 2.23. The van der Waals surface area contributed by atoms with Crippen molar-refractivity contribution in [2.24, 2.45) is 5.92 Å².